The third-order valence-corrected chi connectivity index (χ3v) is 3.14. The normalized spacial score (nSPS) is 15.8. The third kappa shape index (κ3) is 5.81. The lowest BCUT2D eigenvalue weighted by atomic mass is 10.0. The SMILES string of the molecule is C=C/C=C(\C)[C@@H](C)N=C(C)/C(C)=C/C(=C)C(C)C. The van der Waals surface area contributed by atoms with Crippen LogP contribution in [-0.4, -0.2) is 11.8 Å². The van der Waals surface area contributed by atoms with Crippen LogP contribution in [0.2, 0.25) is 0 Å². The average molecular weight is 245 g/mol. The highest BCUT2D eigenvalue weighted by molar-refractivity contribution is 5.98. The second-order valence-corrected chi connectivity index (χ2v) is 5.09. The fourth-order valence-corrected chi connectivity index (χ4v) is 1.37. The first-order valence-electron chi connectivity index (χ1n) is 6.50. The largest absolute Gasteiger partial charge is 0.282 e. The van der Waals surface area contributed by atoms with Crippen LogP contribution in [0.15, 0.2) is 53.1 Å². The minimum absolute atomic E-state index is 0.193. The van der Waals surface area contributed by atoms with Crippen LogP contribution in [-0.2, 0) is 0 Å². The molecule has 0 fully saturated rings. The van der Waals surface area contributed by atoms with Crippen molar-refractivity contribution in [3.63, 3.8) is 0 Å². The Morgan fingerprint density at radius 2 is 1.67 bits per heavy atom. The highest BCUT2D eigenvalue weighted by Crippen LogP contribution is 2.13. The summed E-state index contributed by atoms with van der Waals surface area (Å²) < 4.78 is 0. The van der Waals surface area contributed by atoms with E-state index in [0.29, 0.717) is 5.92 Å². The summed E-state index contributed by atoms with van der Waals surface area (Å²) >= 11 is 0. The van der Waals surface area contributed by atoms with Gasteiger partial charge in [0.05, 0.1) is 6.04 Å². The zero-order chi connectivity index (χ0) is 14.3. The van der Waals surface area contributed by atoms with Crippen molar-refractivity contribution in [2.24, 2.45) is 10.9 Å². The zero-order valence-corrected chi connectivity index (χ0v) is 12.7. The minimum Gasteiger partial charge on any atom is -0.282 e. The first-order valence-corrected chi connectivity index (χ1v) is 6.50. The van der Waals surface area contributed by atoms with Gasteiger partial charge in [-0.3, -0.25) is 4.99 Å². The van der Waals surface area contributed by atoms with E-state index in [2.05, 4.69) is 60.8 Å². The molecule has 0 spiro atoms. The summed E-state index contributed by atoms with van der Waals surface area (Å²) in [4.78, 5) is 4.70. The lowest BCUT2D eigenvalue weighted by Gasteiger charge is -2.11. The zero-order valence-electron chi connectivity index (χ0n) is 12.7. The maximum Gasteiger partial charge on any atom is 0.0684 e. The standard InChI is InChI=1S/C17H27N/c1-9-10-13(4)16(7)18-17(8)15(6)11-14(5)12(2)3/h9-12,16H,1,5H2,2-4,6-8H3/b13-10+,15-11+,18-17?/t16-/m1/s1. The molecule has 0 radical (unpaired) electrons. The number of hydrogen-bond donors (Lipinski definition) is 0. The van der Waals surface area contributed by atoms with Crippen molar-refractivity contribution in [2.75, 3.05) is 0 Å². The molecule has 0 aliphatic rings. The van der Waals surface area contributed by atoms with Crippen molar-refractivity contribution in [3.8, 4) is 0 Å². The smallest absolute Gasteiger partial charge is 0.0684 e. The monoisotopic (exact) mass is 245 g/mol. The van der Waals surface area contributed by atoms with Gasteiger partial charge in [0.2, 0.25) is 0 Å². The maximum atomic E-state index is 4.70. The Morgan fingerprint density at radius 1 is 1.11 bits per heavy atom. The molecule has 0 saturated carbocycles. The Bertz CT molecular complexity index is 392. The number of rotatable bonds is 6. The van der Waals surface area contributed by atoms with Crippen molar-refractivity contribution >= 4 is 5.71 Å². The Balaban J connectivity index is 4.94. The lowest BCUT2D eigenvalue weighted by molar-refractivity contribution is 0.794. The minimum atomic E-state index is 0.193. The van der Waals surface area contributed by atoms with E-state index in [9.17, 15) is 0 Å². The highest BCUT2D eigenvalue weighted by atomic mass is 14.8. The van der Waals surface area contributed by atoms with Gasteiger partial charge in [-0.2, -0.15) is 0 Å². The fourth-order valence-electron chi connectivity index (χ4n) is 1.37. The van der Waals surface area contributed by atoms with Gasteiger partial charge in [-0.05, 0) is 44.8 Å². The molecule has 1 atom stereocenters. The number of hydrogen-bond acceptors (Lipinski definition) is 1. The van der Waals surface area contributed by atoms with Gasteiger partial charge < -0.3 is 0 Å². The van der Waals surface area contributed by atoms with Gasteiger partial charge in [0.25, 0.3) is 0 Å². The van der Waals surface area contributed by atoms with Crippen LogP contribution < -0.4 is 0 Å². The summed E-state index contributed by atoms with van der Waals surface area (Å²) in [6, 6.07) is 0.193. The molecule has 1 heteroatoms. The Kier molecular flexibility index (Phi) is 7.26. The molecule has 0 bridgehead atoms. The van der Waals surface area contributed by atoms with Crippen LogP contribution >= 0.6 is 0 Å². The van der Waals surface area contributed by atoms with E-state index in [4.69, 9.17) is 4.99 Å². The summed E-state index contributed by atoms with van der Waals surface area (Å²) in [6.45, 7) is 20.4. The van der Waals surface area contributed by atoms with Gasteiger partial charge in [0, 0.05) is 5.71 Å². The fraction of sp³-hybridized carbons (Fsp3) is 0.471. The first kappa shape index (κ1) is 16.6. The molecular weight excluding hydrogens is 218 g/mol. The third-order valence-electron chi connectivity index (χ3n) is 3.14. The first-order chi connectivity index (χ1) is 8.29. The topological polar surface area (TPSA) is 12.4 Å². The molecule has 0 aliphatic heterocycles. The molecular formula is C17H27N. The molecule has 0 aliphatic carbocycles. The predicted octanol–water partition coefficient (Wildman–Crippen LogP) is 5.13. The molecule has 0 rings (SSSR count). The highest BCUT2D eigenvalue weighted by Gasteiger charge is 2.04. The number of nitrogens with zero attached hydrogens (tertiary/aromatic N) is 1. The van der Waals surface area contributed by atoms with E-state index in [1.807, 2.05) is 6.08 Å². The van der Waals surface area contributed by atoms with E-state index in [0.717, 1.165) is 11.3 Å². The van der Waals surface area contributed by atoms with Crippen LogP contribution in [0.3, 0.4) is 0 Å². The van der Waals surface area contributed by atoms with Crippen LogP contribution in [0.5, 0.6) is 0 Å². The summed E-state index contributed by atoms with van der Waals surface area (Å²) in [6.07, 6.45) is 5.94. The Hall–Kier alpha value is -1.37. The van der Waals surface area contributed by atoms with Gasteiger partial charge in [0.1, 0.15) is 0 Å². The summed E-state index contributed by atoms with van der Waals surface area (Å²) in [5.41, 5.74) is 4.63. The predicted molar refractivity (Wildman–Crippen MR) is 84.3 cm³/mol. The molecule has 0 aromatic rings. The van der Waals surface area contributed by atoms with Crippen LogP contribution in [0, 0.1) is 5.92 Å². The van der Waals surface area contributed by atoms with Gasteiger partial charge >= 0.3 is 0 Å². The molecule has 0 N–H and O–H groups in total. The van der Waals surface area contributed by atoms with Crippen molar-refractivity contribution < 1.29 is 0 Å². The Labute approximate surface area is 113 Å². The number of aliphatic imine (C=N–C) groups is 1. The van der Waals surface area contributed by atoms with Crippen LogP contribution in [0.1, 0.15) is 41.5 Å². The summed E-state index contributed by atoms with van der Waals surface area (Å²) in [5.74, 6) is 0.479. The molecule has 0 aromatic heterocycles. The molecule has 0 saturated heterocycles. The second-order valence-electron chi connectivity index (χ2n) is 5.09. The van der Waals surface area contributed by atoms with E-state index in [-0.39, 0.29) is 6.04 Å². The van der Waals surface area contributed by atoms with Gasteiger partial charge in [-0.15, -0.1) is 0 Å². The van der Waals surface area contributed by atoms with Crippen LogP contribution in [0.25, 0.3) is 0 Å². The van der Waals surface area contributed by atoms with E-state index in [1.165, 1.54) is 11.1 Å². The van der Waals surface area contributed by atoms with Crippen molar-refractivity contribution in [3.05, 3.63) is 48.1 Å². The van der Waals surface area contributed by atoms with Gasteiger partial charge in [0.15, 0.2) is 0 Å². The molecule has 0 heterocycles. The quantitative estimate of drug-likeness (QED) is 0.454. The van der Waals surface area contributed by atoms with E-state index in [1.54, 1.807) is 6.08 Å². The molecule has 18 heavy (non-hydrogen) atoms. The summed E-state index contributed by atoms with van der Waals surface area (Å²) in [5, 5.41) is 0. The Morgan fingerprint density at radius 3 is 2.11 bits per heavy atom. The average Bonchev–Trinajstić information content (AvgIpc) is 2.28. The van der Waals surface area contributed by atoms with Crippen molar-refractivity contribution in [2.45, 2.75) is 47.6 Å². The second kappa shape index (κ2) is 7.86. The van der Waals surface area contributed by atoms with Crippen molar-refractivity contribution in [1.82, 2.24) is 0 Å². The van der Waals surface area contributed by atoms with Gasteiger partial charge in [-0.25, -0.2) is 0 Å². The van der Waals surface area contributed by atoms with Crippen molar-refractivity contribution in [1.29, 1.82) is 0 Å². The number of allylic oxidation sites excluding steroid dienone is 5. The van der Waals surface area contributed by atoms with E-state index >= 15 is 0 Å². The maximum absolute atomic E-state index is 4.70. The lowest BCUT2D eigenvalue weighted by Crippen LogP contribution is -2.05. The molecule has 0 amide bonds. The van der Waals surface area contributed by atoms with Crippen LogP contribution in [0.4, 0.5) is 0 Å². The molecule has 0 aromatic carbocycles. The van der Waals surface area contributed by atoms with E-state index < -0.39 is 0 Å². The molecule has 1 nitrogen and oxygen atoms in total. The molecule has 100 valence electrons. The van der Waals surface area contributed by atoms with Gasteiger partial charge in [-0.1, -0.05) is 50.8 Å². The molecule has 0 unspecified atom stereocenters. The summed E-state index contributed by atoms with van der Waals surface area (Å²) in [7, 11) is 0.